The lowest BCUT2D eigenvalue weighted by Crippen LogP contribution is -2.56. The predicted molar refractivity (Wildman–Crippen MR) is 221 cm³/mol. The van der Waals surface area contributed by atoms with Crippen LogP contribution in [0.2, 0.25) is 0 Å². The summed E-state index contributed by atoms with van der Waals surface area (Å²) in [6.07, 6.45) is 12.6. The van der Waals surface area contributed by atoms with Gasteiger partial charge in [-0.05, 0) is 91.7 Å². The Hall–Kier alpha value is -4.20. The molecule has 308 valence electrons. The third-order valence-electron chi connectivity index (χ3n) is 8.66. The molecular weight excluding hydrogens is 721 g/mol. The van der Waals surface area contributed by atoms with Crippen LogP contribution in [0.1, 0.15) is 106 Å². The van der Waals surface area contributed by atoms with Crippen molar-refractivity contribution in [2.24, 2.45) is 0 Å². The van der Waals surface area contributed by atoms with Gasteiger partial charge < -0.3 is 36.1 Å². The number of hydrogen-bond donors (Lipinski definition) is 5. The van der Waals surface area contributed by atoms with Crippen LogP contribution in [0, 0.1) is 0 Å². The van der Waals surface area contributed by atoms with Crippen molar-refractivity contribution in [3.63, 3.8) is 0 Å². The van der Waals surface area contributed by atoms with Gasteiger partial charge in [-0.2, -0.15) is 11.8 Å². The molecule has 13 nitrogen and oxygen atoms in total. The van der Waals surface area contributed by atoms with E-state index < -0.39 is 29.7 Å². The molecule has 0 saturated carbocycles. The first-order valence-corrected chi connectivity index (χ1v) is 20.8. The first-order chi connectivity index (χ1) is 26.2. The van der Waals surface area contributed by atoms with Gasteiger partial charge in [-0.3, -0.25) is 19.3 Å². The Kier molecular flexibility index (Phi) is 21.4. The molecule has 2 saturated heterocycles. The average Bonchev–Trinajstić information content (AvgIpc) is 3.66. The van der Waals surface area contributed by atoms with Gasteiger partial charge in [-0.25, -0.2) is 9.59 Å². The van der Waals surface area contributed by atoms with Crippen LogP contribution >= 0.6 is 11.8 Å². The predicted octanol–water partition coefficient (Wildman–Crippen LogP) is 6.38. The maximum Gasteiger partial charge on any atom is 0.408 e. The van der Waals surface area contributed by atoms with Crippen molar-refractivity contribution in [1.82, 2.24) is 26.6 Å². The molecule has 3 aliphatic rings. The summed E-state index contributed by atoms with van der Waals surface area (Å²) in [4.78, 5) is 64.0. The van der Waals surface area contributed by atoms with Gasteiger partial charge in [0.1, 0.15) is 30.0 Å². The number of thioether (sulfide) groups is 1. The number of unbranched alkanes of at least 4 members (excludes halogenated alkanes) is 3. The van der Waals surface area contributed by atoms with Crippen molar-refractivity contribution >= 4 is 47.3 Å². The number of carbonyl (C=O) groups excluding carboxylic acids is 5. The van der Waals surface area contributed by atoms with Gasteiger partial charge >= 0.3 is 12.1 Å². The first-order valence-electron chi connectivity index (χ1n) is 19.7. The number of rotatable bonds is 16. The van der Waals surface area contributed by atoms with Crippen molar-refractivity contribution in [1.29, 1.82) is 0 Å². The maximum atomic E-state index is 13.6. The van der Waals surface area contributed by atoms with Crippen LogP contribution in [0.15, 0.2) is 49.1 Å². The van der Waals surface area contributed by atoms with Crippen LogP contribution in [0.25, 0.3) is 0 Å². The molecule has 0 radical (unpaired) electrons. The SMILES string of the molecule is C=CC.CC/C=C\CC.CC1Oc2ccccc2N(CC(=O)NCCCCCNC(=O)CCCCC2SC[C@@H]3NC(=O)N[C@H]23)C(=O)C1NC(=O)OC(C)(C)C. The van der Waals surface area contributed by atoms with Gasteiger partial charge in [0.15, 0.2) is 0 Å². The molecule has 2 fully saturated rings. The number of alkyl carbamates (subject to hydrolysis) is 1. The van der Waals surface area contributed by atoms with Crippen LogP contribution in [0.4, 0.5) is 15.3 Å². The minimum Gasteiger partial charge on any atom is -0.486 e. The van der Waals surface area contributed by atoms with Gasteiger partial charge in [0.25, 0.3) is 5.91 Å². The van der Waals surface area contributed by atoms with E-state index in [0.29, 0.717) is 36.2 Å². The number of hydrogen-bond acceptors (Lipinski definition) is 8. The number of para-hydroxylation sites is 2. The number of allylic oxidation sites excluding steroid dienone is 3. The fourth-order valence-corrected chi connectivity index (χ4v) is 7.63. The number of benzene rings is 1. The number of urea groups is 1. The molecule has 6 amide bonds. The van der Waals surface area contributed by atoms with E-state index in [0.717, 1.165) is 44.3 Å². The van der Waals surface area contributed by atoms with Crippen LogP contribution < -0.4 is 36.2 Å². The van der Waals surface area contributed by atoms with E-state index in [2.05, 4.69) is 59.2 Å². The van der Waals surface area contributed by atoms with E-state index in [1.54, 1.807) is 58.0 Å². The second-order valence-corrected chi connectivity index (χ2v) is 15.9. The van der Waals surface area contributed by atoms with E-state index in [4.69, 9.17) is 9.47 Å². The zero-order chi connectivity index (χ0) is 40.8. The maximum absolute atomic E-state index is 13.6. The van der Waals surface area contributed by atoms with Gasteiger partial charge in [-0.1, -0.05) is 50.6 Å². The summed E-state index contributed by atoms with van der Waals surface area (Å²) in [6.45, 7) is 17.2. The number of ether oxygens (including phenoxy) is 2. The van der Waals surface area contributed by atoms with Gasteiger partial charge in [0.2, 0.25) is 11.8 Å². The summed E-state index contributed by atoms with van der Waals surface area (Å²) < 4.78 is 11.3. The van der Waals surface area contributed by atoms with E-state index in [9.17, 15) is 24.0 Å². The Labute approximate surface area is 332 Å². The molecule has 3 aliphatic heterocycles. The third-order valence-corrected chi connectivity index (χ3v) is 10.2. The number of nitrogens with one attached hydrogen (secondary N) is 5. The molecule has 4 rings (SSSR count). The number of nitrogens with zero attached hydrogens (tertiary/aromatic N) is 1. The molecular formula is C41H66N6O7S. The average molecular weight is 787 g/mol. The molecule has 5 atom stereocenters. The molecule has 0 aliphatic carbocycles. The Morgan fingerprint density at radius 2 is 1.62 bits per heavy atom. The van der Waals surface area contributed by atoms with E-state index in [1.165, 1.54) is 17.7 Å². The van der Waals surface area contributed by atoms with Crippen molar-refractivity contribution in [2.45, 2.75) is 141 Å². The van der Waals surface area contributed by atoms with Crippen molar-refractivity contribution in [3.05, 3.63) is 49.1 Å². The highest BCUT2D eigenvalue weighted by atomic mass is 32.2. The molecule has 1 aromatic rings. The normalized spacial score (nSPS) is 21.1. The summed E-state index contributed by atoms with van der Waals surface area (Å²) in [6, 6.07) is 6.24. The minimum absolute atomic E-state index is 0.0428. The largest absolute Gasteiger partial charge is 0.486 e. The molecule has 5 N–H and O–H groups in total. The summed E-state index contributed by atoms with van der Waals surface area (Å²) in [5.41, 5.74) is -0.297. The second kappa shape index (κ2) is 25.1. The zero-order valence-electron chi connectivity index (χ0n) is 34.0. The summed E-state index contributed by atoms with van der Waals surface area (Å²) >= 11 is 1.89. The highest BCUT2D eigenvalue weighted by molar-refractivity contribution is 8.00. The lowest BCUT2D eigenvalue weighted by Gasteiger charge is -2.27. The van der Waals surface area contributed by atoms with Crippen molar-refractivity contribution in [2.75, 3.05) is 30.3 Å². The van der Waals surface area contributed by atoms with Gasteiger partial charge in [0, 0.05) is 30.5 Å². The highest BCUT2D eigenvalue weighted by Gasteiger charge is 2.42. The number of carbonyl (C=O) groups is 5. The van der Waals surface area contributed by atoms with Crippen LogP contribution in [-0.2, 0) is 19.1 Å². The molecule has 3 unspecified atom stereocenters. The third kappa shape index (κ3) is 17.4. The fraction of sp³-hybridized carbons (Fsp3) is 0.634. The molecule has 3 heterocycles. The molecule has 0 spiro atoms. The smallest absolute Gasteiger partial charge is 0.408 e. The van der Waals surface area contributed by atoms with E-state index in [-0.39, 0.29) is 36.5 Å². The number of anilines is 1. The Balaban J connectivity index is 0.00000104. The monoisotopic (exact) mass is 786 g/mol. The second-order valence-electron chi connectivity index (χ2n) is 14.7. The van der Waals surface area contributed by atoms with Crippen LogP contribution in [0.5, 0.6) is 5.75 Å². The lowest BCUT2D eigenvalue weighted by atomic mass is 10.0. The van der Waals surface area contributed by atoms with E-state index >= 15 is 0 Å². The minimum atomic E-state index is -1.06. The molecule has 1 aromatic carbocycles. The quantitative estimate of drug-likeness (QED) is 0.0732. The molecule has 0 aromatic heterocycles. The summed E-state index contributed by atoms with van der Waals surface area (Å²) in [5, 5.41) is 14.8. The van der Waals surface area contributed by atoms with Crippen LogP contribution in [0.3, 0.4) is 0 Å². The molecule has 55 heavy (non-hydrogen) atoms. The summed E-state index contributed by atoms with van der Waals surface area (Å²) in [5.74, 6) is 0.616. The van der Waals surface area contributed by atoms with Gasteiger partial charge in [0.05, 0.1) is 17.8 Å². The molecule has 0 bridgehead atoms. The zero-order valence-corrected chi connectivity index (χ0v) is 34.9. The fourth-order valence-electron chi connectivity index (χ4n) is 6.09. The first kappa shape index (κ1) is 47.0. The topological polar surface area (TPSA) is 167 Å². The van der Waals surface area contributed by atoms with Gasteiger partial charge in [-0.15, -0.1) is 6.58 Å². The van der Waals surface area contributed by atoms with Crippen LogP contribution in [-0.4, -0.2) is 90.3 Å². The Bertz CT molecular complexity index is 1410. The molecule has 14 heteroatoms. The highest BCUT2D eigenvalue weighted by Crippen LogP contribution is 2.34. The van der Waals surface area contributed by atoms with Crippen molar-refractivity contribution in [3.8, 4) is 5.75 Å². The Morgan fingerprint density at radius 3 is 2.25 bits per heavy atom. The number of fused-ring (bicyclic) bond motifs is 2. The van der Waals surface area contributed by atoms with E-state index in [1.807, 2.05) is 18.7 Å². The lowest BCUT2D eigenvalue weighted by molar-refractivity contribution is -0.125. The number of amides is 6. The standard InChI is InChI=1S/C32H48N6O7S.C6H12.C3H6/c1-20-27(37-31(43)45-32(2,3)4)29(41)38(22-12-6-7-13-23(22)44-20)18-26(40)34-17-11-5-10-16-33-25(39)15-9-8-14-24-28-21(19-46-24)35-30(42)36-28;1-3-5-6-4-2;1-3-2/h6-7,12-13,20-21,24,27-28H,5,8-11,14-19H2,1-4H3,(H,33,39)(H,34,40)(H,37,43)(H2,35,36,42);5-6H,3-4H2,1-2H3;3H,1H2,2H3/b;6-5-;/t20?,21-,24?,27?,28-;;/m0../s1. The Morgan fingerprint density at radius 1 is 0.982 bits per heavy atom. The van der Waals surface area contributed by atoms with Crippen molar-refractivity contribution < 1.29 is 33.4 Å². The summed E-state index contributed by atoms with van der Waals surface area (Å²) in [7, 11) is 0.